The molecule has 0 spiro atoms. The second-order valence-electron chi connectivity index (χ2n) is 2.75. The first-order chi connectivity index (χ1) is 7.97. The highest BCUT2D eigenvalue weighted by Gasteiger charge is 2.24. The van der Waals surface area contributed by atoms with E-state index in [1.165, 1.54) is 26.0 Å². The highest BCUT2D eigenvalue weighted by atomic mass is 32.2. The molecule has 6 nitrogen and oxygen atoms in total. The first kappa shape index (κ1) is 16.5. The van der Waals surface area contributed by atoms with Gasteiger partial charge in [0, 0.05) is 19.6 Å². The van der Waals surface area contributed by atoms with Gasteiger partial charge in [0.15, 0.2) is 0 Å². The molecule has 17 heavy (non-hydrogen) atoms. The van der Waals surface area contributed by atoms with Crippen LogP contribution in [-0.4, -0.2) is 32.5 Å². The molecule has 0 aromatic heterocycles. The Balaban J connectivity index is 4.10. The number of hydrogen-bond acceptors (Lipinski definition) is 7. The highest BCUT2D eigenvalue weighted by Crippen LogP contribution is 2.49. The molecule has 0 saturated carbocycles. The first-order valence-electron chi connectivity index (χ1n) is 4.82. The molecule has 0 N–H and O–H groups in total. The standard InChI is InChI=1S/C9H17O6PS/c1-5-14-9(10)7-17-6-8(2)15-16(11,12-3)13-4/h6H,5,7H2,1-4H3. The van der Waals surface area contributed by atoms with Crippen molar-refractivity contribution in [2.24, 2.45) is 0 Å². The maximum atomic E-state index is 11.6. The molecule has 0 aliphatic carbocycles. The van der Waals surface area contributed by atoms with E-state index < -0.39 is 7.82 Å². The monoisotopic (exact) mass is 284 g/mol. The maximum Gasteiger partial charge on any atom is 0.529 e. The van der Waals surface area contributed by atoms with E-state index in [9.17, 15) is 9.36 Å². The van der Waals surface area contributed by atoms with Gasteiger partial charge < -0.3 is 9.26 Å². The lowest BCUT2D eigenvalue weighted by Crippen LogP contribution is -2.05. The molecule has 0 radical (unpaired) electrons. The largest absolute Gasteiger partial charge is 0.529 e. The van der Waals surface area contributed by atoms with Crippen LogP contribution in [0, 0.1) is 0 Å². The molecule has 0 bridgehead atoms. The number of rotatable bonds is 8. The fourth-order valence-corrected chi connectivity index (χ4v) is 2.14. The van der Waals surface area contributed by atoms with Crippen LogP contribution in [0.25, 0.3) is 0 Å². The normalized spacial score (nSPS) is 12.4. The lowest BCUT2D eigenvalue weighted by molar-refractivity contribution is -0.139. The van der Waals surface area contributed by atoms with Gasteiger partial charge in [0.2, 0.25) is 0 Å². The third kappa shape index (κ3) is 7.44. The number of thioether (sulfide) groups is 1. The van der Waals surface area contributed by atoms with Crippen LogP contribution in [0.4, 0.5) is 0 Å². The Labute approximate surface area is 105 Å². The van der Waals surface area contributed by atoms with Crippen molar-refractivity contribution < 1.29 is 27.7 Å². The fraction of sp³-hybridized carbons (Fsp3) is 0.667. The summed E-state index contributed by atoms with van der Waals surface area (Å²) in [5.41, 5.74) is 0. The van der Waals surface area contributed by atoms with E-state index in [1.54, 1.807) is 19.3 Å². The molecule has 0 fully saturated rings. The molecular weight excluding hydrogens is 267 g/mol. The number of esters is 1. The molecule has 0 heterocycles. The summed E-state index contributed by atoms with van der Waals surface area (Å²) >= 11 is 1.18. The summed E-state index contributed by atoms with van der Waals surface area (Å²) in [5.74, 6) is 0.188. The number of phosphoric ester groups is 1. The van der Waals surface area contributed by atoms with Crippen LogP contribution < -0.4 is 0 Å². The van der Waals surface area contributed by atoms with Crippen molar-refractivity contribution in [3.63, 3.8) is 0 Å². The van der Waals surface area contributed by atoms with E-state index in [0.717, 1.165) is 0 Å². The Hall–Kier alpha value is -0.490. The molecule has 100 valence electrons. The van der Waals surface area contributed by atoms with E-state index in [2.05, 4.69) is 9.05 Å². The predicted octanol–water partition coefficient (Wildman–Crippen LogP) is 2.56. The van der Waals surface area contributed by atoms with Gasteiger partial charge in [0.1, 0.15) is 5.76 Å². The van der Waals surface area contributed by atoms with Crippen molar-refractivity contribution in [1.29, 1.82) is 0 Å². The van der Waals surface area contributed by atoms with Crippen LogP contribution in [0.15, 0.2) is 11.2 Å². The third-order valence-electron chi connectivity index (χ3n) is 1.46. The summed E-state index contributed by atoms with van der Waals surface area (Å²) in [4.78, 5) is 11.0. The Bertz CT molecular complexity index is 309. The predicted molar refractivity (Wildman–Crippen MR) is 65.6 cm³/mol. The zero-order chi connectivity index (χ0) is 13.3. The summed E-state index contributed by atoms with van der Waals surface area (Å²) < 4.78 is 30.4. The van der Waals surface area contributed by atoms with E-state index in [4.69, 9.17) is 9.26 Å². The van der Waals surface area contributed by atoms with Crippen molar-refractivity contribution in [1.82, 2.24) is 0 Å². The summed E-state index contributed by atoms with van der Waals surface area (Å²) in [6.45, 7) is 3.67. The second kappa shape index (κ2) is 8.58. The lowest BCUT2D eigenvalue weighted by atomic mass is 10.7. The number of carbonyl (C=O) groups is 1. The third-order valence-corrected chi connectivity index (χ3v) is 3.77. The maximum absolute atomic E-state index is 11.6. The van der Waals surface area contributed by atoms with E-state index in [0.29, 0.717) is 12.4 Å². The van der Waals surface area contributed by atoms with Gasteiger partial charge in [-0.25, -0.2) is 4.57 Å². The smallest absolute Gasteiger partial charge is 0.465 e. The summed E-state index contributed by atoms with van der Waals surface area (Å²) in [7, 11) is -1.06. The van der Waals surface area contributed by atoms with Crippen LogP contribution in [0.5, 0.6) is 0 Å². The van der Waals surface area contributed by atoms with Gasteiger partial charge in [-0.2, -0.15) is 0 Å². The average molecular weight is 284 g/mol. The minimum absolute atomic E-state index is 0.165. The molecular formula is C9H17O6PS. The molecule has 0 aliphatic rings. The number of hydrogen-bond donors (Lipinski definition) is 0. The van der Waals surface area contributed by atoms with Gasteiger partial charge >= 0.3 is 13.8 Å². The molecule has 8 heteroatoms. The van der Waals surface area contributed by atoms with Crippen LogP contribution in [0.3, 0.4) is 0 Å². The fourth-order valence-electron chi connectivity index (χ4n) is 0.777. The zero-order valence-corrected chi connectivity index (χ0v) is 12.0. The van der Waals surface area contributed by atoms with Gasteiger partial charge in [0.25, 0.3) is 0 Å². The molecule has 0 aromatic carbocycles. The van der Waals surface area contributed by atoms with Crippen molar-refractivity contribution in [2.75, 3.05) is 26.6 Å². The van der Waals surface area contributed by atoms with E-state index in [1.807, 2.05) is 0 Å². The topological polar surface area (TPSA) is 71.1 Å². The summed E-state index contributed by atoms with van der Waals surface area (Å²) in [6.07, 6.45) is 0. The van der Waals surface area contributed by atoms with Crippen molar-refractivity contribution in [3.8, 4) is 0 Å². The second-order valence-corrected chi connectivity index (χ2v) is 5.41. The minimum atomic E-state index is -3.51. The van der Waals surface area contributed by atoms with Crippen molar-refractivity contribution in [2.45, 2.75) is 13.8 Å². The van der Waals surface area contributed by atoms with E-state index >= 15 is 0 Å². The quantitative estimate of drug-likeness (QED) is 0.385. The molecule has 0 aromatic rings. The van der Waals surface area contributed by atoms with Crippen LogP contribution >= 0.6 is 19.6 Å². The molecule has 0 unspecified atom stereocenters. The molecule has 0 rings (SSSR count). The first-order valence-corrected chi connectivity index (χ1v) is 7.33. The number of allylic oxidation sites excluding steroid dienone is 1. The molecule has 0 aliphatic heterocycles. The van der Waals surface area contributed by atoms with Gasteiger partial charge in [-0.05, 0) is 13.8 Å². The molecule has 0 saturated heterocycles. The zero-order valence-electron chi connectivity index (χ0n) is 10.3. The van der Waals surface area contributed by atoms with Gasteiger partial charge in [-0.1, -0.05) is 0 Å². The Morgan fingerprint density at radius 2 is 1.94 bits per heavy atom. The highest BCUT2D eigenvalue weighted by molar-refractivity contribution is 8.02. The van der Waals surface area contributed by atoms with Crippen LogP contribution in [0.1, 0.15) is 13.8 Å². The van der Waals surface area contributed by atoms with Crippen LogP contribution in [0.2, 0.25) is 0 Å². The number of phosphoric acid groups is 1. The Morgan fingerprint density at radius 3 is 2.41 bits per heavy atom. The Kier molecular flexibility index (Phi) is 8.33. The Morgan fingerprint density at radius 1 is 1.35 bits per heavy atom. The molecule has 0 atom stereocenters. The summed E-state index contributed by atoms with van der Waals surface area (Å²) in [6, 6.07) is 0. The average Bonchev–Trinajstić information content (AvgIpc) is 2.29. The number of ether oxygens (including phenoxy) is 1. The number of carbonyl (C=O) groups excluding carboxylic acids is 1. The van der Waals surface area contributed by atoms with E-state index in [-0.39, 0.29) is 11.7 Å². The molecule has 0 amide bonds. The van der Waals surface area contributed by atoms with Gasteiger partial charge in [-0.3, -0.25) is 13.8 Å². The van der Waals surface area contributed by atoms with Crippen LogP contribution in [-0.2, 0) is 27.7 Å². The van der Waals surface area contributed by atoms with Crippen molar-refractivity contribution >= 4 is 25.6 Å². The van der Waals surface area contributed by atoms with Gasteiger partial charge in [0.05, 0.1) is 12.4 Å². The van der Waals surface area contributed by atoms with Gasteiger partial charge in [-0.15, -0.1) is 11.8 Å². The summed E-state index contributed by atoms with van der Waals surface area (Å²) in [5, 5.41) is 1.54. The minimum Gasteiger partial charge on any atom is -0.465 e. The SMILES string of the molecule is CCOC(=O)CSC=C(C)OP(=O)(OC)OC. The van der Waals surface area contributed by atoms with Crippen molar-refractivity contribution in [3.05, 3.63) is 11.2 Å². The lowest BCUT2D eigenvalue weighted by Gasteiger charge is -2.14.